The molecule has 0 fully saturated rings. The van der Waals surface area contributed by atoms with Crippen LogP contribution >= 0.6 is 15.9 Å². The lowest BCUT2D eigenvalue weighted by molar-refractivity contribution is 0.418. The Morgan fingerprint density at radius 1 is 0.808 bits per heavy atom. The van der Waals surface area contributed by atoms with Crippen LogP contribution in [0.4, 0.5) is 0 Å². The van der Waals surface area contributed by atoms with E-state index in [0.29, 0.717) is 42.8 Å². The van der Waals surface area contributed by atoms with E-state index < -0.39 is 0 Å². The third kappa shape index (κ3) is 1.83. The SMILES string of the molecule is COc1cccc2c(=O)c3cc(Br)cc4c(=O)c5ccccc5n(c12)c43. The highest BCUT2D eigenvalue weighted by Gasteiger charge is 2.19. The van der Waals surface area contributed by atoms with Crippen molar-refractivity contribution in [2.75, 3.05) is 7.11 Å². The first-order chi connectivity index (χ1) is 12.6. The van der Waals surface area contributed by atoms with E-state index in [2.05, 4.69) is 15.9 Å². The van der Waals surface area contributed by atoms with Gasteiger partial charge in [0.15, 0.2) is 10.9 Å². The zero-order valence-corrected chi connectivity index (χ0v) is 15.3. The van der Waals surface area contributed by atoms with Crippen molar-refractivity contribution in [3.05, 3.63) is 79.5 Å². The van der Waals surface area contributed by atoms with Crippen molar-refractivity contribution < 1.29 is 4.74 Å². The first-order valence-electron chi connectivity index (χ1n) is 8.11. The van der Waals surface area contributed by atoms with E-state index >= 15 is 0 Å². The molecule has 0 N–H and O–H groups in total. The predicted molar refractivity (Wildman–Crippen MR) is 108 cm³/mol. The van der Waals surface area contributed by atoms with E-state index in [1.165, 1.54) is 0 Å². The lowest BCUT2D eigenvalue weighted by Crippen LogP contribution is -2.14. The molecule has 4 nitrogen and oxygen atoms in total. The van der Waals surface area contributed by atoms with Gasteiger partial charge in [-0.1, -0.05) is 34.1 Å². The van der Waals surface area contributed by atoms with Crippen LogP contribution in [0.25, 0.3) is 38.1 Å². The van der Waals surface area contributed by atoms with Crippen molar-refractivity contribution in [1.29, 1.82) is 0 Å². The summed E-state index contributed by atoms with van der Waals surface area (Å²) in [6.45, 7) is 0. The maximum absolute atomic E-state index is 13.2. The molecule has 3 aromatic carbocycles. The van der Waals surface area contributed by atoms with Crippen LogP contribution in [0.1, 0.15) is 0 Å². The number of aromatic nitrogens is 1. The Hall–Kier alpha value is -2.92. The summed E-state index contributed by atoms with van der Waals surface area (Å²) in [6.07, 6.45) is 0. The lowest BCUT2D eigenvalue weighted by Gasteiger charge is -2.16. The minimum Gasteiger partial charge on any atom is -0.495 e. The second-order valence-corrected chi connectivity index (χ2v) is 7.13. The Balaban J connectivity index is 2.34. The highest BCUT2D eigenvalue weighted by Crippen LogP contribution is 2.32. The summed E-state index contributed by atoms with van der Waals surface area (Å²) in [6, 6.07) is 16.4. The predicted octanol–water partition coefficient (Wildman–Crippen LogP) is 4.33. The van der Waals surface area contributed by atoms with Gasteiger partial charge >= 0.3 is 0 Å². The second kappa shape index (κ2) is 5.29. The number of pyridine rings is 2. The number of para-hydroxylation sites is 2. The smallest absolute Gasteiger partial charge is 0.197 e. The van der Waals surface area contributed by atoms with Crippen molar-refractivity contribution >= 4 is 54.0 Å². The van der Waals surface area contributed by atoms with E-state index in [0.717, 1.165) is 5.52 Å². The van der Waals surface area contributed by atoms with Crippen LogP contribution in [0.5, 0.6) is 5.75 Å². The second-order valence-electron chi connectivity index (χ2n) is 6.22. The molecule has 0 aliphatic heterocycles. The molecule has 5 rings (SSSR count). The van der Waals surface area contributed by atoms with Crippen LogP contribution in [-0.2, 0) is 0 Å². The molecule has 26 heavy (non-hydrogen) atoms. The average molecular weight is 406 g/mol. The van der Waals surface area contributed by atoms with E-state index in [1.807, 2.05) is 34.7 Å². The Kier molecular flexibility index (Phi) is 3.12. The third-order valence-electron chi connectivity index (χ3n) is 4.86. The Morgan fingerprint density at radius 3 is 2.19 bits per heavy atom. The van der Waals surface area contributed by atoms with E-state index in [9.17, 15) is 9.59 Å². The molecule has 0 saturated heterocycles. The molecule has 0 aliphatic rings. The number of ether oxygens (including phenoxy) is 1. The van der Waals surface area contributed by atoms with Crippen LogP contribution in [0.2, 0.25) is 0 Å². The molecule has 0 atom stereocenters. The summed E-state index contributed by atoms with van der Waals surface area (Å²) in [7, 11) is 1.58. The molecule has 0 saturated carbocycles. The Labute approximate surface area is 155 Å². The summed E-state index contributed by atoms with van der Waals surface area (Å²) < 4.78 is 8.23. The fourth-order valence-electron chi connectivity index (χ4n) is 3.79. The van der Waals surface area contributed by atoms with E-state index in [4.69, 9.17) is 4.74 Å². The monoisotopic (exact) mass is 405 g/mol. The van der Waals surface area contributed by atoms with Gasteiger partial charge in [-0.05, 0) is 36.4 Å². The number of nitrogens with zero attached hydrogens (tertiary/aromatic N) is 1. The van der Waals surface area contributed by atoms with Crippen molar-refractivity contribution in [2.24, 2.45) is 0 Å². The minimum atomic E-state index is -0.111. The summed E-state index contributed by atoms with van der Waals surface area (Å²) in [4.78, 5) is 26.3. The van der Waals surface area contributed by atoms with Crippen LogP contribution in [0.3, 0.4) is 0 Å². The van der Waals surface area contributed by atoms with Gasteiger partial charge in [-0.2, -0.15) is 0 Å². The Morgan fingerprint density at radius 2 is 1.46 bits per heavy atom. The highest BCUT2D eigenvalue weighted by molar-refractivity contribution is 9.10. The van der Waals surface area contributed by atoms with Crippen molar-refractivity contribution in [2.45, 2.75) is 0 Å². The van der Waals surface area contributed by atoms with Crippen molar-refractivity contribution in [3.63, 3.8) is 0 Å². The Bertz CT molecular complexity index is 1450. The molecule has 5 heteroatoms. The number of fused-ring (bicyclic) bond motifs is 4. The maximum Gasteiger partial charge on any atom is 0.197 e. The number of halogens is 1. The molecular weight excluding hydrogens is 394 g/mol. The van der Waals surface area contributed by atoms with Crippen LogP contribution in [-0.4, -0.2) is 11.5 Å². The normalized spacial score (nSPS) is 11.8. The largest absolute Gasteiger partial charge is 0.495 e. The van der Waals surface area contributed by atoms with Gasteiger partial charge in [-0.25, -0.2) is 0 Å². The molecule has 0 radical (unpaired) electrons. The van der Waals surface area contributed by atoms with Gasteiger partial charge in [0.2, 0.25) is 0 Å². The molecule has 0 bridgehead atoms. The molecule has 5 aromatic rings. The van der Waals surface area contributed by atoms with Crippen molar-refractivity contribution in [3.8, 4) is 5.75 Å². The van der Waals surface area contributed by atoms with Gasteiger partial charge in [0.25, 0.3) is 0 Å². The molecule has 2 heterocycles. The maximum atomic E-state index is 13.2. The third-order valence-corrected chi connectivity index (χ3v) is 5.32. The quantitative estimate of drug-likeness (QED) is 0.308. The summed E-state index contributed by atoms with van der Waals surface area (Å²) >= 11 is 3.44. The van der Waals surface area contributed by atoms with Crippen LogP contribution in [0, 0.1) is 0 Å². The number of benzene rings is 3. The van der Waals surface area contributed by atoms with Gasteiger partial charge in [-0.3, -0.25) is 9.59 Å². The molecular formula is C21H12BrNO3. The molecule has 0 spiro atoms. The van der Waals surface area contributed by atoms with Gasteiger partial charge in [0.1, 0.15) is 5.75 Å². The minimum absolute atomic E-state index is 0.0828. The summed E-state index contributed by atoms with van der Waals surface area (Å²) in [5.41, 5.74) is 1.86. The molecule has 126 valence electrons. The molecule has 2 aromatic heterocycles. The van der Waals surface area contributed by atoms with Crippen LogP contribution in [0.15, 0.2) is 68.7 Å². The van der Waals surface area contributed by atoms with Gasteiger partial charge < -0.3 is 9.14 Å². The molecule has 0 aliphatic carbocycles. The van der Waals surface area contributed by atoms with E-state index in [-0.39, 0.29) is 10.9 Å². The topological polar surface area (TPSA) is 47.8 Å². The average Bonchev–Trinajstić information content (AvgIpc) is 2.67. The number of methoxy groups -OCH3 is 1. The number of hydrogen-bond donors (Lipinski definition) is 0. The van der Waals surface area contributed by atoms with Crippen molar-refractivity contribution in [1.82, 2.24) is 4.40 Å². The van der Waals surface area contributed by atoms with Gasteiger partial charge in [-0.15, -0.1) is 0 Å². The first kappa shape index (κ1) is 15.3. The number of rotatable bonds is 1. The lowest BCUT2D eigenvalue weighted by atomic mass is 10.0. The highest BCUT2D eigenvalue weighted by atomic mass is 79.9. The fraction of sp³-hybridized carbons (Fsp3) is 0.0476. The number of hydrogen-bond acceptors (Lipinski definition) is 3. The summed E-state index contributed by atoms with van der Waals surface area (Å²) in [5.74, 6) is 0.597. The summed E-state index contributed by atoms with van der Waals surface area (Å²) in [5, 5.41) is 2.19. The van der Waals surface area contributed by atoms with Gasteiger partial charge in [0.05, 0.1) is 29.0 Å². The molecule has 0 unspecified atom stereocenters. The van der Waals surface area contributed by atoms with E-state index in [1.54, 1.807) is 31.4 Å². The molecule has 0 amide bonds. The first-order valence-corrected chi connectivity index (χ1v) is 8.90. The zero-order valence-electron chi connectivity index (χ0n) is 13.7. The van der Waals surface area contributed by atoms with Gasteiger partial charge in [0, 0.05) is 20.6 Å². The zero-order chi connectivity index (χ0) is 18.0. The standard InChI is InChI=1S/C21H12BrNO3/c1-26-17-8-4-6-13-19(17)23-16-7-3-2-5-12(16)20(24)14-9-11(22)10-15(18(14)23)21(13)25/h2-10H,1H3. The fourth-order valence-corrected chi connectivity index (χ4v) is 4.25. The van der Waals surface area contributed by atoms with Crippen LogP contribution < -0.4 is 15.6 Å².